The summed E-state index contributed by atoms with van der Waals surface area (Å²) >= 11 is 26.8. The molecule has 7 rings (SSSR count). The number of rotatable bonds is 14. The third kappa shape index (κ3) is 14.0. The summed E-state index contributed by atoms with van der Waals surface area (Å²) in [5, 5.41) is 16.5. The van der Waals surface area contributed by atoms with Crippen LogP contribution in [0.5, 0.6) is 11.5 Å². The van der Waals surface area contributed by atoms with Gasteiger partial charge in [0.15, 0.2) is 11.5 Å². The summed E-state index contributed by atoms with van der Waals surface area (Å²) in [5.74, 6) is -3.39. The van der Waals surface area contributed by atoms with Crippen molar-refractivity contribution in [3.8, 4) is 11.5 Å². The Morgan fingerprint density at radius 3 is 1.56 bits per heavy atom. The minimum Gasteiger partial charge on any atom is -0.505 e. The number of hydrogen-bond donors (Lipinski definition) is 5. The SMILES string of the molecule is C.CC.CC(=O)N(Cc1ccc(C(=O)Nc2sc3c(Cl)c(O)c(Cl)cc3c2C(N)=O)cc1)C1CCCC1.CCC(C)N(Cc1ccc(C(=O)Nc2sc3c(Cl)c(OC(C)=O)c(Cl)cc3c2C(N)=O)cc1)C(C)=O. The molecule has 0 bridgehead atoms. The molecule has 73 heavy (non-hydrogen) atoms. The molecule has 2 aromatic heterocycles. The minimum absolute atomic E-state index is 0. The van der Waals surface area contributed by atoms with Gasteiger partial charge in [-0.15, -0.1) is 22.7 Å². The standard InChI is InChI=1S/C25H25Cl2N3O5S.C24H23Cl2N3O4S.C2H6.CH4/c1-5-12(2)30(13(3)31)11-15-6-8-16(9-7-15)24(34)29-25-19(23(28)33)17-10-18(26)21(35-14(4)32)20(27)22(17)36-25;1-12(30)29(15-4-2-3-5-15)11-13-6-8-14(9-7-13)23(33)28-24-18(22(27)32)16-10-17(25)20(31)19(26)21(16)34-24;1-2;/h6-10,12H,5,11H2,1-4H3,(H2,28,33)(H,29,34);6-10,15,31H,2-5,11H2,1H3,(H2,27,32)(H,28,33);1-2H3;1H4. The average Bonchev–Trinajstić information content (AvgIpc) is 4.09. The van der Waals surface area contributed by atoms with Crippen LogP contribution in [0, 0.1) is 0 Å². The number of primary amides is 2. The Morgan fingerprint density at radius 1 is 0.712 bits per heavy atom. The van der Waals surface area contributed by atoms with Gasteiger partial charge in [-0.05, 0) is 73.7 Å². The number of ether oxygens (including phenoxy) is 1. The normalized spacial score (nSPS) is 12.3. The van der Waals surface area contributed by atoms with Gasteiger partial charge in [0, 0.05) is 67.8 Å². The number of esters is 1. The summed E-state index contributed by atoms with van der Waals surface area (Å²) in [4.78, 5) is 89.5. The molecule has 0 spiro atoms. The molecular formula is C52H58Cl4N6O9S2. The monoisotopic (exact) mass is 1110 g/mol. The number of carbonyl (C=O) groups excluding carboxylic acids is 7. The molecule has 1 fully saturated rings. The Kier molecular flexibility index (Phi) is 21.5. The number of aromatic hydroxyl groups is 1. The Balaban J connectivity index is 0.000000302. The number of hydrogen-bond acceptors (Lipinski definition) is 11. The Hall–Kier alpha value is -5.95. The van der Waals surface area contributed by atoms with E-state index in [4.69, 9.17) is 62.6 Å². The maximum absolute atomic E-state index is 13.0. The summed E-state index contributed by atoms with van der Waals surface area (Å²) in [5.41, 5.74) is 13.8. The van der Waals surface area contributed by atoms with Gasteiger partial charge in [-0.3, -0.25) is 33.6 Å². The predicted octanol–water partition coefficient (Wildman–Crippen LogP) is 12.8. The fourth-order valence-electron chi connectivity index (χ4n) is 7.98. The lowest BCUT2D eigenvalue weighted by Crippen LogP contribution is -2.36. The van der Waals surface area contributed by atoms with Gasteiger partial charge in [-0.1, -0.05) is 112 Å². The molecule has 0 saturated heterocycles. The van der Waals surface area contributed by atoms with Gasteiger partial charge in [0.2, 0.25) is 11.8 Å². The van der Waals surface area contributed by atoms with Crippen molar-refractivity contribution in [2.45, 2.75) is 113 Å². The lowest BCUT2D eigenvalue weighted by molar-refractivity contribution is -0.132. The third-order valence-corrected chi connectivity index (χ3v) is 15.5. The van der Waals surface area contributed by atoms with Crippen molar-refractivity contribution in [3.05, 3.63) is 114 Å². The Morgan fingerprint density at radius 2 is 1.15 bits per heavy atom. The van der Waals surface area contributed by atoms with E-state index in [9.17, 15) is 38.7 Å². The van der Waals surface area contributed by atoms with Crippen molar-refractivity contribution in [2.24, 2.45) is 11.5 Å². The van der Waals surface area contributed by atoms with Crippen LogP contribution >= 0.6 is 69.1 Å². The second kappa shape index (κ2) is 26.3. The lowest BCUT2D eigenvalue weighted by Gasteiger charge is -2.28. The van der Waals surface area contributed by atoms with E-state index in [1.165, 1.54) is 26.0 Å². The van der Waals surface area contributed by atoms with Crippen LogP contribution in [0.1, 0.15) is 141 Å². The molecule has 1 aliphatic carbocycles. The number of halogens is 4. The molecule has 390 valence electrons. The molecule has 1 atom stereocenters. The number of benzene rings is 4. The summed E-state index contributed by atoms with van der Waals surface area (Å²) in [6.07, 6.45) is 5.13. The van der Waals surface area contributed by atoms with Crippen LogP contribution in [0.3, 0.4) is 0 Å². The zero-order valence-electron chi connectivity index (χ0n) is 40.5. The second-order valence-electron chi connectivity index (χ2n) is 16.5. The van der Waals surface area contributed by atoms with Gasteiger partial charge in [0.25, 0.3) is 23.6 Å². The minimum atomic E-state index is -0.784. The molecule has 6 amide bonds. The number of phenols is 1. The van der Waals surface area contributed by atoms with Crippen LogP contribution in [0.25, 0.3) is 20.2 Å². The predicted molar refractivity (Wildman–Crippen MR) is 295 cm³/mol. The highest BCUT2D eigenvalue weighted by molar-refractivity contribution is 7.24. The number of nitrogens with two attached hydrogens (primary N) is 2. The van der Waals surface area contributed by atoms with Crippen LogP contribution in [0.2, 0.25) is 20.1 Å². The fraction of sp³-hybridized carbons (Fsp3) is 0.327. The number of amides is 6. The van der Waals surface area contributed by atoms with Crippen molar-refractivity contribution < 1.29 is 43.4 Å². The van der Waals surface area contributed by atoms with Crippen molar-refractivity contribution in [2.75, 3.05) is 10.6 Å². The molecule has 15 nitrogen and oxygen atoms in total. The van der Waals surface area contributed by atoms with Gasteiger partial charge in [-0.25, -0.2) is 0 Å². The number of carbonyl (C=O) groups is 7. The Bertz CT molecular complexity index is 3050. The molecule has 0 radical (unpaired) electrons. The first-order valence-electron chi connectivity index (χ1n) is 22.8. The highest BCUT2D eigenvalue weighted by atomic mass is 35.5. The highest BCUT2D eigenvalue weighted by Crippen LogP contribution is 2.48. The number of anilines is 2. The van der Waals surface area contributed by atoms with E-state index in [1.807, 2.05) is 44.7 Å². The van der Waals surface area contributed by atoms with Crippen LogP contribution in [-0.4, -0.2) is 68.4 Å². The van der Waals surface area contributed by atoms with Crippen LogP contribution < -0.4 is 26.8 Å². The van der Waals surface area contributed by atoms with Gasteiger partial charge >= 0.3 is 5.97 Å². The van der Waals surface area contributed by atoms with Crippen molar-refractivity contribution in [1.82, 2.24) is 9.80 Å². The van der Waals surface area contributed by atoms with Crippen LogP contribution in [-0.2, 0) is 27.5 Å². The molecule has 21 heteroatoms. The topological polar surface area (TPSA) is 232 Å². The van der Waals surface area contributed by atoms with Crippen LogP contribution in [0.4, 0.5) is 10.0 Å². The highest BCUT2D eigenvalue weighted by Gasteiger charge is 2.28. The number of nitrogens with zero attached hydrogens (tertiary/aromatic N) is 2. The summed E-state index contributed by atoms with van der Waals surface area (Å²) < 4.78 is 5.86. The molecule has 1 unspecified atom stereocenters. The van der Waals surface area contributed by atoms with E-state index < -0.39 is 29.6 Å². The van der Waals surface area contributed by atoms with Crippen LogP contribution in [0.15, 0.2) is 60.7 Å². The van der Waals surface area contributed by atoms with E-state index in [-0.39, 0.29) is 84.0 Å². The van der Waals surface area contributed by atoms with Crippen molar-refractivity contribution in [1.29, 1.82) is 0 Å². The van der Waals surface area contributed by atoms with E-state index >= 15 is 0 Å². The molecule has 2 heterocycles. The van der Waals surface area contributed by atoms with Gasteiger partial charge in [0.05, 0.1) is 30.6 Å². The zero-order valence-corrected chi connectivity index (χ0v) is 45.1. The maximum atomic E-state index is 13.0. The van der Waals surface area contributed by atoms with E-state index in [0.29, 0.717) is 44.4 Å². The number of nitrogens with one attached hydrogen (secondary N) is 2. The second-order valence-corrected chi connectivity index (χ2v) is 20.1. The number of thiophene rings is 2. The summed E-state index contributed by atoms with van der Waals surface area (Å²) in [6.45, 7) is 13.2. The maximum Gasteiger partial charge on any atom is 0.308 e. The lowest BCUT2D eigenvalue weighted by atomic mass is 10.1. The van der Waals surface area contributed by atoms with Crippen molar-refractivity contribution >= 4 is 141 Å². The average molecular weight is 1120 g/mol. The van der Waals surface area contributed by atoms with E-state index in [2.05, 4.69) is 10.6 Å². The first kappa shape index (κ1) is 59.6. The molecular weight excluding hydrogens is 1060 g/mol. The molecule has 4 aromatic carbocycles. The van der Waals surface area contributed by atoms with Gasteiger partial charge < -0.3 is 41.7 Å². The largest absolute Gasteiger partial charge is 0.505 e. The zero-order chi connectivity index (χ0) is 53.3. The molecule has 0 aliphatic heterocycles. The summed E-state index contributed by atoms with van der Waals surface area (Å²) in [7, 11) is 0. The molecule has 6 aromatic rings. The first-order chi connectivity index (χ1) is 34.1. The first-order valence-corrected chi connectivity index (χ1v) is 26.0. The molecule has 1 aliphatic rings. The quantitative estimate of drug-likeness (QED) is 0.0515. The summed E-state index contributed by atoms with van der Waals surface area (Å²) in [6, 6.07) is 17.0. The molecule has 7 N–H and O–H groups in total. The number of fused-ring (bicyclic) bond motifs is 2. The third-order valence-electron chi connectivity index (χ3n) is 11.7. The van der Waals surface area contributed by atoms with Gasteiger partial charge in [0.1, 0.15) is 20.0 Å². The number of phenolic OH excluding ortho intramolecular Hbond substituents is 1. The molecule has 1 saturated carbocycles. The van der Waals surface area contributed by atoms with Crippen molar-refractivity contribution in [3.63, 3.8) is 0 Å². The van der Waals surface area contributed by atoms with Gasteiger partial charge in [-0.2, -0.15) is 0 Å². The van der Waals surface area contributed by atoms with E-state index in [1.54, 1.807) is 48.2 Å². The fourth-order valence-corrected chi connectivity index (χ4v) is 11.4. The smallest absolute Gasteiger partial charge is 0.308 e. The van der Waals surface area contributed by atoms with E-state index in [0.717, 1.165) is 65.9 Å². The Labute approximate surface area is 452 Å².